The first-order chi connectivity index (χ1) is 13.3. The average Bonchev–Trinajstić information content (AvgIpc) is 2.70. The molecule has 2 rings (SSSR count). The Bertz CT molecular complexity index is 728. The number of nitrogens with two attached hydrogens (primary N) is 1. The van der Waals surface area contributed by atoms with E-state index < -0.39 is 10.0 Å². The molecule has 0 aromatic heterocycles. The van der Waals surface area contributed by atoms with Crippen molar-refractivity contribution in [3.8, 4) is 0 Å². The molecule has 0 atom stereocenters. The zero-order valence-corrected chi connectivity index (χ0v) is 17.9. The van der Waals surface area contributed by atoms with E-state index in [2.05, 4.69) is 15.2 Å². The van der Waals surface area contributed by atoms with Crippen LogP contribution in [-0.4, -0.2) is 76.1 Å². The zero-order chi connectivity index (χ0) is 20.6. The molecule has 0 bridgehead atoms. The second kappa shape index (κ2) is 10.8. The highest BCUT2D eigenvalue weighted by molar-refractivity contribution is 7.89. The predicted molar refractivity (Wildman–Crippen MR) is 112 cm³/mol. The van der Waals surface area contributed by atoms with E-state index >= 15 is 0 Å². The molecule has 1 aliphatic rings. The van der Waals surface area contributed by atoms with Gasteiger partial charge in [-0.05, 0) is 44.5 Å². The molecule has 0 radical (unpaired) electrons. The Labute approximate surface area is 168 Å². The van der Waals surface area contributed by atoms with Crippen LogP contribution in [0.25, 0.3) is 0 Å². The maximum Gasteiger partial charge on any atom is 0.243 e. The standard InChI is InChI=1S/C19H33N5O3S/c1-16(2)23(3)28(25,26)18-7-5-17(6-8-18)15-22-19(20)21-9-4-10-24-11-13-27-14-12-24/h5-8,16H,4,9-15H2,1-3H3,(H3,20,21,22). The van der Waals surface area contributed by atoms with E-state index in [1.807, 2.05) is 13.8 Å². The van der Waals surface area contributed by atoms with Gasteiger partial charge in [-0.25, -0.2) is 13.4 Å². The molecular formula is C19H33N5O3S. The van der Waals surface area contributed by atoms with Crippen molar-refractivity contribution < 1.29 is 13.2 Å². The number of ether oxygens (including phenoxy) is 1. The molecule has 28 heavy (non-hydrogen) atoms. The van der Waals surface area contributed by atoms with Crippen LogP contribution in [0, 0.1) is 0 Å². The molecule has 3 N–H and O–H groups in total. The van der Waals surface area contributed by atoms with Crippen LogP contribution in [0.4, 0.5) is 0 Å². The normalized spacial score (nSPS) is 16.7. The van der Waals surface area contributed by atoms with Crippen molar-refractivity contribution in [1.82, 2.24) is 14.5 Å². The van der Waals surface area contributed by atoms with Crippen LogP contribution in [0.15, 0.2) is 34.2 Å². The fourth-order valence-corrected chi connectivity index (χ4v) is 4.15. The molecule has 0 amide bonds. The van der Waals surface area contributed by atoms with Crippen LogP contribution in [0.3, 0.4) is 0 Å². The molecule has 9 heteroatoms. The molecule has 1 fully saturated rings. The first-order valence-electron chi connectivity index (χ1n) is 9.71. The van der Waals surface area contributed by atoms with E-state index in [0.29, 0.717) is 12.5 Å². The Morgan fingerprint density at radius 3 is 2.54 bits per heavy atom. The highest BCUT2D eigenvalue weighted by Gasteiger charge is 2.22. The molecule has 1 aliphatic heterocycles. The van der Waals surface area contributed by atoms with Gasteiger partial charge in [0, 0.05) is 32.7 Å². The lowest BCUT2D eigenvalue weighted by molar-refractivity contribution is 0.0376. The summed E-state index contributed by atoms with van der Waals surface area (Å²) in [6.07, 6.45) is 0.992. The van der Waals surface area contributed by atoms with Gasteiger partial charge in [-0.15, -0.1) is 0 Å². The van der Waals surface area contributed by atoms with Crippen molar-refractivity contribution >= 4 is 16.0 Å². The molecule has 0 spiro atoms. The van der Waals surface area contributed by atoms with Gasteiger partial charge in [0.1, 0.15) is 0 Å². The lowest BCUT2D eigenvalue weighted by Gasteiger charge is -2.26. The summed E-state index contributed by atoms with van der Waals surface area (Å²) in [6, 6.07) is 6.69. The summed E-state index contributed by atoms with van der Waals surface area (Å²) in [5, 5.41) is 3.12. The molecule has 1 aromatic carbocycles. The maximum atomic E-state index is 12.5. The molecular weight excluding hydrogens is 378 g/mol. The highest BCUT2D eigenvalue weighted by Crippen LogP contribution is 2.17. The Balaban J connectivity index is 1.78. The Morgan fingerprint density at radius 2 is 1.93 bits per heavy atom. The van der Waals surface area contributed by atoms with E-state index in [1.54, 1.807) is 31.3 Å². The largest absolute Gasteiger partial charge is 0.379 e. The van der Waals surface area contributed by atoms with E-state index in [-0.39, 0.29) is 10.9 Å². The minimum atomic E-state index is -3.46. The fourth-order valence-electron chi connectivity index (χ4n) is 2.79. The van der Waals surface area contributed by atoms with Gasteiger partial charge in [0.2, 0.25) is 10.0 Å². The number of aliphatic imine (C=N–C) groups is 1. The average molecular weight is 412 g/mol. The van der Waals surface area contributed by atoms with Crippen LogP contribution in [-0.2, 0) is 21.3 Å². The van der Waals surface area contributed by atoms with Gasteiger partial charge in [-0.3, -0.25) is 4.90 Å². The van der Waals surface area contributed by atoms with Crippen LogP contribution < -0.4 is 11.1 Å². The lowest BCUT2D eigenvalue weighted by atomic mass is 10.2. The molecule has 0 unspecified atom stereocenters. The SMILES string of the molecule is CC(C)N(C)S(=O)(=O)c1ccc(CN=C(N)NCCCN2CCOCC2)cc1. The molecule has 0 aliphatic carbocycles. The third-order valence-electron chi connectivity index (χ3n) is 4.82. The topological polar surface area (TPSA) is 100 Å². The Kier molecular flexibility index (Phi) is 8.68. The van der Waals surface area contributed by atoms with Gasteiger partial charge >= 0.3 is 0 Å². The highest BCUT2D eigenvalue weighted by atomic mass is 32.2. The Morgan fingerprint density at radius 1 is 1.29 bits per heavy atom. The minimum Gasteiger partial charge on any atom is -0.379 e. The van der Waals surface area contributed by atoms with Crippen LogP contribution >= 0.6 is 0 Å². The number of nitrogens with zero attached hydrogens (tertiary/aromatic N) is 3. The van der Waals surface area contributed by atoms with Crippen molar-refractivity contribution in [1.29, 1.82) is 0 Å². The second-order valence-corrected chi connectivity index (χ2v) is 9.19. The first-order valence-corrected chi connectivity index (χ1v) is 11.2. The lowest BCUT2D eigenvalue weighted by Crippen LogP contribution is -2.39. The molecule has 1 aromatic rings. The molecule has 1 heterocycles. The third-order valence-corrected chi connectivity index (χ3v) is 6.87. The van der Waals surface area contributed by atoms with Crippen LogP contribution in [0.1, 0.15) is 25.8 Å². The maximum absolute atomic E-state index is 12.5. The summed E-state index contributed by atoms with van der Waals surface area (Å²) in [7, 11) is -1.88. The summed E-state index contributed by atoms with van der Waals surface area (Å²) in [5.41, 5.74) is 6.82. The Hall–Kier alpha value is -1.68. The number of hydrogen-bond acceptors (Lipinski definition) is 5. The number of guanidine groups is 1. The van der Waals surface area contributed by atoms with Crippen molar-refractivity contribution in [2.75, 3.05) is 46.4 Å². The number of morpholine rings is 1. The van der Waals surface area contributed by atoms with E-state index in [1.165, 1.54) is 4.31 Å². The molecule has 0 saturated carbocycles. The number of nitrogens with one attached hydrogen (secondary N) is 1. The van der Waals surface area contributed by atoms with E-state index in [9.17, 15) is 8.42 Å². The van der Waals surface area contributed by atoms with E-state index in [0.717, 1.165) is 51.4 Å². The van der Waals surface area contributed by atoms with Gasteiger partial charge in [-0.1, -0.05) is 12.1 Å². The quantitative estimate of drug-likeness (QED) is 0.355. The van der Waals surface area contributed by atoms with Gasteiger partial charge in [0.25, 0.3) is 0 Å². The third kappa shape index (κ3) is 6.73. The van der Waals surface area contributed by atoms with Crippen LogP contribution in [0.5, 0.6) is 0 Å². The van der Waals surface area contributed by atoms with Crippen molar-refractivity contribution in [2.45, 2.75) is 37.8 Å². The smallest absolute Gasteiger partial charge is 0.243 e. The van der Waals surface area contributed by atoms with Gasteiger partial charge in [0.15, 0.2) is 5.96 Å². The summed E-state index contributed by atoms with van der Waals surface area (Å²) in [4.78, 5) is 6.99. The number of sulfonamides is 1. The van der Waals surface area contributed by atoms with Crippen molar-refractivity contribution in [3.63, 3.8) is 0 Å². The predicted octanol–water partition coefficient (Wildman–Crippen LogP) is 0.842. The number of benzene rings is 1. The van der Waals surface area contributed by atoms with Crippen molar-refractivity contribution in [2.24, 2.45) is 10.7 Å². The minimum absolute atomic E-state index is 0.0941. The fraction of sp³-hybridized carbons (Fsp3) is 0.632. The van der Waals surface area contributed by atoms with E-state index in [4.69, 9.17) is 10.5 Å². The van der Waals surface area contributed by atoms with Crippen molar-refractivity contribution in [3.05, 3.63) is 29.8 Å². The summed E-state index contributed by atoms with van der Waals surface area (Å²) < 4.78 is 31.6. The van der Waals surface area contributed by atoms with Gasteiger partial charge < -0.3 is 15.8 Å². The molecule has 1 saturated heterocycles. The van der Waals surface area contributed by atoms with Gasteiger partial charge in [0.05, 0.1) is 24.7 Å². The number of rotatable bonds is 9. The van der Waals surface area contributed by atoms with Gasteiger partial charge in [-0.2, -0.15) is 4.31 Å². The first kappa shape index (κ1) is 22.6. The summed E-state index contributed by atoms with van der Waals surface area (Å²) >= 11 is 0. The summed E-state index contributed by atoms with van der Waals surface area (Å²) in [5.74, 6) is 0.401. The second-order valence-electron chi connectivity index (χ2n) is 7.19. The number of hydrogen-bond donors (Lipinski definition) is 2. The molecule has 8 nitrogen and oxygen atoms in total. The molecule has 158 valence electrons. The monoisotopic (exact) mass is 411 g/mol. The summed E-state index contributed by atoms with van der Waals surface area (Å²) in [6.45, 7) is 9.48. The van der Waals surface area contributed by atoms with Crippen LogP contribution in [0.2, 0.25) is 0 Å². The zero-order valence-electron chi connectivity index (χ0n) is 17.1.